The number of primary amides is 1. The highest BCUT2D eigenvalue weighted by Gasteiger charge is 2.07. The summed E-state index contributed by atoms with van der Waals surface area (Å²) < 4.78 is 0. The molecule has 5 nitrogen and oxygen atoms in total. The Morgan fingerprint density at radius 3 is 3.17 bits per heavy atom. The van der Waals surface area contributed by atoms with Crippen molar-refractivity contribution in [3.8, 4) is 10.6 Å². The zero-order valence-corrected chi connectivity index (χ0v) is 10.8. The van der Waals surface area contributed by atoms with Crippen LogP contribution in [0, 0.1) is 0 Å². The Balaban J connectivity index is 1.83. The number of carbonyl (C=O) groups excluding carboxylic acids is 1. The summed E-state index contributed by atoms with van der Waals surface area (Å²) in [5.41, 5.74) is 7.28. The summed E-state index contributed by atoms with van der Waals surface area (Å²) >= 11 is 1.68. The summed E-state index contributed by atoms with van der Waals surface area (Å²) in [5, 5.41) is 12.4. The SMILES string of the molecule is NC(=O)CCCNCc1cn[nH]c1-c1cccs1. The van der Waals surface area contributed by atoms with Gasteiger partial charge >= 0.3 is 0 Å². The van der Waals surface area contributed by atoms with Gasteiger partial charge in [0.25, 0.3) is 0 Å². The van der Waals surface area contributed by atoms with E-state index in [-0.39, 0.29) is 5.91 Å². The molecule has 0 saturated carbocycles. The largest absolute Gasteiger partial charge is 0.370 e. The van der Waals surface area contributed by atoms with Crippen LogP contribution in [0.5, 0.6) is 0 Å². The number of hydrogen-bond donors (Lipinski definition) is 3. The summed E-state index contributed by atoms with van der Waals surface area (Å²) in [6, 6.07) is 4.08. The maximum Gasteiger partial charge on any atom is 0.217 e. The first-order valence-corrected chi connectivity index (χ1v) is 6.70. The van der Waals surface area contributed by atoms with Gasteiger partial charge in [-0.3, -0.25) is 9.89 Å². The molecule has 0 bridgehead atoms. The van der Waals surface area contributed by atoms with E-state index < -0.39 is 0 Å². The number of aromatic amines is 1. The van der Waals surface area contributed by atoms with Gasteiger partial charge in [-0.2, -0.15) is 5.10 Å². The number of thiophene rings is 1. The van der Waals surface area contributed by atoms with Crippen molar-refractivity contribution < 1.29 is 4.79 Å². The molecule has 0 atom stereocenters. The Kier molecular flexibility index (Phi) is 4.49. The lowest BCUT2D eigenvalue weighted by atomic mass is 10.2. The Hall–Kier alpha value is -1.66. The number of nitrogens with one attached hydrogen (secondary N) is 2. The molecule has 0 saturated heterocycles. The Morgan fingerprint density at radius 2 is 2.44 bits per heavy atom. The van der Waals surface area contributed by atoms with Crippen LogP contribution >= 0.6 is 11.3 Å². The number of hydrogen-bond acceptors (Lipinski definition) is 4. The molecule has 0 radical (unpaired) electrons. The van der Waals surface area contributed by atoms with E-state index >= 15 is 0 Å². The van der Waals surface area contributed by atoms with Gasteiger partial charge in [0.2, 0.25) is 5.91 Å². The fraction of sp³-hybridized carbons (Fsp3) is 0.333. The van der Waals surface area contributed by atoms with Crippen molar-refractivity contribution in [2.24, 2.45) is 5.73 Å². The number of rotatable bonds is 7. The van der Waals surface area contributed by atoms with Crippen molar-refractivity contribution in [1.82, 2.24) is 15.5 Å². The first-order chi connectivity index (χ1) is 8.77. The van der Waals surface area contributed by atoms with Crippen LogP contribution < -0.4 is 11.1 Å². The molecule has 2 aromatic heterocycles. The van der Waals surface area contributed by atoms with Gasteiger partial charge < -0.3 is 11.1 Å². The number of amides is 1. The van der Waals surface area contributed by atoms with Gasteiger partial charge in [0.05, 0.1) is 16.8 Å². The lowest BCUT2D eigenvalue weighted by molar-refractivity contribution is -0.118. The van der Waals surface area contributed by atoms with E-state index in [0.29, 0.717) is 6.42 Å². The van der Waals surface area contributed by atoms with Gasteiger partial charge in [-0.25, -0.2) is 0 Å². The molecular formula is C12H16N4OS. The first-order valence-electron chi connectivity index (χ1n) is 5.82. The number of nitrogens with zero attached hydrogens (tertiary/aromatic N) is 1. The molecule has 0 aliphatic carbocycles. The fourth-order valence-electron chi connectivity index (χ4n) is 1.69. The lowest BCUT2D eigenvalue weighted by Gasteiger charge is -2.03. The molecule has 2 aromatic rings. The molecule has 2 rings (SSSR count). The molecule has 0 spiro atoms. The Labute approximate surface area is 109 Å². The Morgan fingerprint density at radius 1 is 1.56 bits per heavy atom. The molecule has 0 aliphatic rings. The summed E-state index contributed by atoms with van der Waals surface area (Å²) in [6.45, 7) is 1.51. The van der Waals surface area contributed by atoms with Gasteiger partial charge in [0.1, 0.15) is 0 Å². The number of aromatic nitrogens is 2. The fourth-order valence-corrected chi connectivity index (χ4v) is 2.45. The molecule has 18 heavy (non-hydrogen) atoms. The van der Waals surface area contributed by atoms with Crippen molar-refractivity contribution in [2.45, 2.75) is 19.4 Å². The molecule has 0 aromatic carbocycles. The van der Waals surface area contributed by atoms with E-state index in [1.54, 1.807) is 11.3 Å². The van der Waals surface area contributed by atoms with Crippen molar-refractivity contribution in [2.75, 3.05) is 6.54 Å². The van der Waals surface area contributed by atoms with E-state index in [9.17, 15) is 4.79 Å². The zero-order chi connectivity index (χ0) is 12.8. The predicted octanol–water partition coefficient (Wildman–Crippen LogP) is 1.49. The van der Waals surface area contributed by atoms with Crippen LogP contribution in [0.1, 0.15) is 18.4 Å². The van der Waals surface area contributed by atoms with Crippen LogP contribution in [0.4, 0.5) is 0 Å². The maximum absolute atomic E-state index is 10.6. The minimum atomic E-state index is -0.251. The second-order valence-electron chi connectivity index (χ2n) is 3.99. The normalized spacial score (nSPS) is 10.7. The quantitative estimate of drug-likeness (QED) is 0.662. The highest BCUT2D eigenvalue weighted by molar-refractivity contribution is 7.13. The second-order valence-corrected chi connectivity index (χ2v) is 4.94. The smallest absolute Gasteiger partial charge is 0.217 e. The molecule has 96 valence electrons. The van der Waals surface area contributed by atoms with Crippen LogP contribution in [0.15, 0.2) is 23.7 Å². The zero-order valence-electron chi connectivity index (χ0n) is 9.98. The molecule has 0 unspecified atom stereocenters. The maximum atomic E-state index is 10.6. The first kappa shape index (κ1) is 12.8. The lowest BCUT2D eigenvalue weighted by Crippen LogP contribution is -2.18. The van der Waals surface area contributed by atoms with Crippen molar-refractivity contribution in [3.63, 3.8) is 0 Å². The van der Waals surface area contributed by atoms with Gasteiger partial charge in [0, 0.05) is 18.5 Å². The molecular weight excluding hydrogens is 248 g/mol. The summed E-state index contributed by atoms with van der Waals surface area (Å²) in [7, 11) is 0. The molecule has 1 amide bonds. The van der Waals surface area contributed by atoms with Gasteiger partial charge in [-0.05, 0) is 24.4 Å². The van der Waals surface area contributed by atoms with Crippen LogP contribution in [-0.2, 0) is 11.3 Å². The average Bonchev–Trinajstić information content (AvgIpc) is 2.97. The second kappa shape index (κ2) is 6.32. The van der Waals surface area contributed by atoms with Crippen molar-refractivity contribution in [1.29, 1.82) is 0 Å². The standard InChI is InChI=1S/C12H16N4OS/c13-11(17)4-1-5-14-7-9-8-15-16-12(9)10-3-2-6-18-10/h2-3,6,8,14H,1,4-5,7H2,(H2,13,17)(H,15,16). The molecule has 6 heteroatoms. The summed E-state index contributed by atoms with van der Waals surface area (Å²) in [6.07, 6.45) is 3.02. The van der Waals surface area contributed by atoms with Crippen LogP contribution in [0.3, 0.4) is 0 Å². The molecule has 4 N–H and O–H groups in total. The number of carbonyl (C=O) groups is 1. The van der Waals surface area contributed by atoms with Crippen LogP contribution in [-0.4, -0.2) is 22.6 Å². The summed E-state index contributed by atoms with van der Waals surface area (Å²) in [5.74, 6) is -0.251. The van der Waals surface area contributed by atoms with Gasteiger partial charge in [-0.15, -0.1) is 11.3 Å². The Bertz CT molecular complexity index is 492. The minimum absolute atomic E-state index is 0.251. The van der Waals surface area contributed by atoms with Crippen molar-refractivity contribution >= 4 is 17.2 Å². The predicted molar refractivity (Wildman–Crippen MR) is 72.0 cm³/mol. The van der Waals surface area contributed by atoms with Crippen LogP contribution in [0.2, 0.25) is 0 Å². The molecule has 2 heterocycles. The van der Waals surface area contributed by atoms with E-state index in [1.807, 2.05) is 17.6 Å². The van der Waals surface area contributed by atoms with E-state index in [4.69, 9.17) is 5.73 Å². The molecule has 0 fully saturated rings. The minimum Gasteiger partial charge on any atom is -0.370 e. The third-order valence-corrected chi connectivity index (χ3v) is 3.46. The third kappa shape index (κ3) is 3.41. The van der Waals surface area contributed by atoms with E-state index in [2.05, 4.69) is 21.6 Å². The highest BCUT2D eigenvalue weighted by Crippen LogP contribution is 2.25. The number of nitrogens with two attached hydrogens (primary N) is 1. The van der Waals surface area contributed by atoms with E-state index in [0.717, 1.165) is 30.8 Å². The average molecular weight is 264 g/mol. The van der Waals surface area contributed by atoms with E-state index in [1.165, 1.54) is 4.88 Å². The van der Waals surface area contributed by atoms with Gasteiger partial charge in [0.15, 0.2) is 0 Å². The summed E-state index contributed by atoms with van der Waals surface area (Å²) in [4.78, 5) is 11.8. The van der Waals surface area contributed by atoms with Crippen molar-refractivity contribution in [3.05, 3.63) is 29.3 Å². The van der Waals surface area contributed by atoms with Gasteiger partial charge in [-0.1, -0.05) is 6.07 Å². The van der Waals surface area contributed by atoms with Crippen LogP contribution in [0.25, 0.3) is 10.6 Å². The molecule has 0 aliphatic heterocycles. The number of H-pyrrole nitrogens is 1. The monoisotopic (exact) mass is 264 g/mol. The topological polar surface area (TPSA) is 83.8 Å². The highest BCUT2D eigenvalue weighted by atomic mass is 32.1. The third-order valence-electron chi connectivity index (χ3n) is 2.58.